The number of hydrogen-bond donors (Lipinski definition) is 0. The molecule has 0 aromatic rings. The van der Waals surface area contributed by atoms with Crippen molar-refractivity contribution in [2.75, 3.05) is 0 Å². The normalized spacial score (nSPS) is 14.7. The van der Waals surface area contributed by atoms with Gasteiger partial charge in [-0.15, -0.1) is 0 Å². The quantitative estimate of drug-likeness (QED) is 0.200. The second-order valence-electron chi connectivity index (χ2n) is 11.7. The van der Waals surface area contributed by atoms with Crippen molar-refractivity contribution < 1.29 is 32.7 Å². The zero-order chi connectivity index (χ0) is 24.9. The van der Waals surface area contributed by atoms with Crippen LogP contribution in [-0.2, 0) is 32.7 Å². The van der Waals surface area contributed by atoms with E-state index < -0.39 is 38.7 Å². The van der Waals surface area contributed by atoms with Gasteiger partial charge < -0.3 is 0 Å². The average Bonchev–Trinajstić information content (AvgIpc) is 2.54. The molecule has 0 aromatic carbocycles. The Bertz CT molecular complexity index is 430. The molecule has 0 heterocycles. The zero-order valence-corrected chi connectivity index (χ0v) is 28.2. The molecule has 0 rings (SSSR count). The summed E-state index contributed by atoms with van der Waals surface area (Å²) in [5, 5.41) is 0. The van der Waals surface area contributed by atoms with Crippen LogP contribution in [0, 0.1) is 0 Å². The Morgan fingerprint density at radius 3 is 0.710 bits per heavy atom. The first-order valence-corrected chi connectivity index (χ1v) is 21.0. The third-order valence-corrected chi connectivity index (χ3v) is 31.5. The summed E-state index contributed by atoms with van der Waals surface area (Å²) in [5.74, 6) is 0. The molecule has 4 nitrogen and oxygen atoms in total. The molecule has 7 heteroatoms. The SMILES string of the molecule is CC(C)[O][Zr]([O]C(C)C)([O][Si](C(C)C)(C(C)C)C(C)C)[O][Si](C(C)C)(C(C)C)C(C)C. The fraction of sp³-hybridized carbons (Fsp3) is 1.00. The molecular formula is C24H56O4Si2Zr. The van der Waals surface area contributed by atoms with Gasteiger partial charge >= 0.3 is 206 Å². The van der Waals surface area contributed by atoms with Crippen LogP contribution in [0.15, 0.2) is 0 Å². The van der Waals surface area contributed by atoms with Crippen molar-refractivity contribution in [3.63, 3.8) is 0 Å². The first kappa shape index (κ1) is 32.2. The number of rotatable bonds is 14. The van der Waals surface area contributed by atoms with Gasteiger partial charge in [-0.25, -0.2) is 0 Å². The third-order valence-electron chi connectivity index (χ3n) is 6.78. The Morgan fingerprint density at radius 2 is 0.581 bits per heavy atom. The molecule has 0 radical (unpaired) electrons. The predicted molar refractivity (Wildman–Crippen MR) is 137 cm³/mol. The van der Waals surface area contributed by atoms with Gasteiger partial charge in [-0.05, 0) is 0 Å². The van der Waals surface area contributed by atoms with Gasteiger partial charge in [0.1, 0.15) is 0 Å². The van der Waals surface area contributed by atoms with Gasteiger partial charge in [-0.2, -0.15) is 0 Å². The van der Waals surface area contributed by atoms with Crippen LogP contribution in [0.3, 0.4) is 0 Å². The Morgan fingerprint density at radius 1 is 0.387 bits per heavy atom. The second-order valence-corrected chi connectivity index (χ2v) is 29.1. The van der Waals surface area contributed by atoms with Gasteiger partial charge in [-0.1, -0.05) is 0 Å². The molecule has 0 unspecified atom stereocenters. The standard InChI is InChI=1S/2C9H21OSi.2C3H7O.Zr/c2*1-7(2)11(10,8(3)4)9(5)6;2*1-3(2)4;/h2*7-9H,1-6H3;2*3H,1-2H3;/q4*-1;+4. The van der Waals surface area contributed by atoms with Gasteiger partial charge in [0.15, 0.2) is 0 Å². The molecule has 0 saturated carbocycles. The zero-order valence-electron chi connectivity index (χ0n) is 23.8. The Hall–Kier alpha value is 1.16. The van der Waals surface area contributed by atoms with E-state index in [1.165, 1.54) is 0 Å². The summed E-state index contributed by atoms with van der Waals surface area (Å²) in [7, 11) is -4.52. The van der Waals surface area contributed by atoms with Gasteiger partial charge in [0, 0.05) is 0 Å². The summed E-state index contributed by atoms with van der Waals surface area (Å²) in [5.41, 5.74) is 2.71. The molecular weight excluding hydrogens is 500 g/mol. The van der Waals surface area contributed by atoms with E-state index >= 15 is 0 Å². The maximum atomic E-state index is 7.45. The molecule has 188 valence electrons. The molecule has 0 saturated heterocycles. The number of hydrogen-bond acceptors (Lipinski definition) is 4. The first-order chi connectivity index (χ1) is 13.9. The van der Waals surface area contributed by atoms with E-state index in [1.807, 2.05) is 0 Å². The van der Waals surface area contributed by atoms with Crippen molar-refractivity contribution in [2.24, 2.45) is 0 Å². The summed E-state index contributed by atoms with van der Waals surface area (Å²) in [4.78, 5) is 0. The van der Waals surface area contributed by atoms with E-state index in [4.69, 9.17) is 10.6 Å². The molecule has 0 bridgehead atoms. The molecule has 0 atom stereocenters. The minimum atomic E-state index is -4.46. The second kappa shape index (κ2) is 12.7. The molecule has 31 heavy (non-hydrogen) atoms. The molecule has 0 aromatic heterocycles. The van der Waals surface area contributed by atoms with Gasteiger partial charge in [0.2, 0.25) is 0 Å². The summed E-state index contributed by atoms with van der Waals surface area (Å²) in [6.07, 6.45) is 0.0110. The van der Waals surface area contributed by atoms with E-state index in [2.05, 4.69) is 111 Å². The van der Waals surface area contributed by atoms with Crippen molar-refractivity contribution >= 4 is 16.6 Å². The van der Waals surface area contributed by atoms with Crippen LogP contribution in [0.1, 0.15) is 111 Å². The Balaban J connectivity index is 6.97. The molecule has 0 aliphatic carbocycles. The summed E-state index contributed by atoms with van der Waals surface area (Å²) in [6, 6.07) is 0. The predicted octanol–water partition coefficient (Wildman–Crippen LogP) is 9.03. The van der Waals surface area contributed by atoms with Crippen LogP contribution in [-0.4, -0.2) is 28.8 Å². The van der Waals surface area contributed by atoms with Gasteiger partial charge in [-0.3, -0.25) is 0 Å². The molecule has 0 fully saturated rings. The van der Waals surface area contributed by atoms with E-state index in [1.54, 1.807) is 0 Å². The van der Waals surface area contributed by atoms with Crippen LogP contribution in [0.25, 0.3) is 0 Å². The minimum absolute atomic E-state index is 0.00548. The van der Waals surface area contributed by atoms with Crippen LogP contribution >= 0.6 is 0 Å². The molecule has 0 amide bonds. The fourth-order valence-electron chi connectivity index (χ4n) is 5.86. The van der Waals surface area contributed by atoms with Gasteiger partial charge in [0.05, 0.1) is 0 Å². The van der Waals surface area contributed by atoms with Crippen LogP contribution in [0.4, 0.5) is 0 Å². The molecule has 0 aliphatic heterocycles. The van der Waals surface area contributed by atoms with Crippen molar-refractivity contribution in [1.82, 2.24) is 0 Å². The Labute approximate surface area is 204 Å². The first-order valence-electron chi connectivity index (χ1n) is 12.7. The summed E-state index contributed by atoms with van der Waals surface area (Å²) >= 11 is -4.46. The van der Waals surface area contributed by atoms with Crippen LogP contribution in [0.5, 0.6) is 0 Å². The van der Waals surface area contributed by atoms with Crippen molar-refractivity contribution in [3.05, 3.63) is 0 Å². The van der Waals surface area contributed by atoms with E-state index in [0.717, 1.165) is 0 Å². The van der Waals surface area contributed by atoms with Crippen molar-refractivity contribution in [2.45, 2.75) is 156 Å². The molecule has 0 aliphatic rings. The van der Waals surface area contributed by atoms with Crippen molar-refractivity contribution in [1.29, 1.82) is 0 Å². The topological polar surface area (TPSA) is 36.9 Å². The summed E-state index contributed by atoms with van der Waals surface area (Å²) < 4.78 is 28.5. The van der Waals surface area contributed by atoms with Crippen LogP contribution < -0.4 is 0 Å². The maximum absolute atomic E-state index is 7.45. The molecule has 0 N–H and O–H groups in total. The summed E-state index contributed by atoms with van der Waals surface area (Å²) in [6.45, 7) is 36.3. The van der Waals surface area contributed by atoms with E-state index in [0.29, 0.717) is 33.2 Å². The Kier molecular flexibility index (Phi) is 13.2. The van der Waals surface area contributed by atoms with E-state index in [9.17, 15) is 0 Å². The van der Waals surface area contributed by atoms with Crippen LogP contribution in [0.2, 0.25) is 33.2 Å². The molecule has 0 spiro atoms. The van der Waals surface area contributed by atoms with Gasteiger partial charge in [0.25, 0.3) is 0 Å². The fourth-order valence-corrected chi connectivity index (χ4v) is 38.6. The average molecular weight is 556 g/mol. The van der Waals surface area contributed by atoms with E-state index in [-0.39, 0.29) is 12.2 Å². The van der Waals surface area contributed by atoms with Crippen molar-refractivity contribution in [3.8, 4) is 0 Å². The third kappa shape index (κ3) is 7.57. The monoisotopic (exact) mass is 554 g/mol.